The molecule has 20 heavy (non-hydrogen) atoms. The number of hydrogen-bond donors (Lipinski definition) is 1. The van der Waals surface area contributed by atoms with Gasteiger partial charge in [0.25, 0.3) is 0 Å². The van der Waals surface area contributed by atoms with Gasteiger partial charge in [-0.2, -0.15) is 0 Å². The van der Waals surface area contributed by atoms with Crippen LogP contribution in [-0.4, -0.2) is 19.1 Å². The molecule has 0 amide bonds. The Morgan fingerprint density at radius 2 is 2.10 bits per heavy atom. The summed E-state index contributed by atoms with van der Waals surface area (Å²) in [6, 6.07) is 6.81. The van der Waals surface area contributed by atoms with E-state index in [9.17, 15) is 0 Å². The maximum Gasteiger partial charge on any atom is 0.0400 e. The van der Waals surface area contributed by atoms with Crippen molar-refractivity contribution in [2.75, 3.05) is 18.0 Å². The number of nitrogens with two attached hydrogens (primary N) is 1. The van der Waals surface area contributed by atoms with Crippen molar-refractivity contribution in [2.45, 2.75) is 46.6 Å². The molecular formula is C17H27BrN2. The average Bonchev–Trinajstić information content (AvgIpc) is 2.77. The smallest absolute Gasteiger partial charge is 0.0400 e. The average molecular weight is 339 g/mol. The van der Waals surface area contributed by atoms with Crippen molar-refractivity contribution in [3.05, 3.63) is 28.2 Å². The van der Waals surface area contributed by atoms with Crippen molar-refractivity contribution in [3.8, 4) is 0 Å². The summed E-state index contributed by atoms with van der Waals surface area (Å²) in [5.74, 6) is 0.772. The van der Waals surface area contributed by atoms with Crippen LogP contribution < -0.4 is 10.6 Å². The molecule has 112 valence electrons. The molecule has 0 aromatic heterocycles. The van der Waals surface area contributed by atoms with Gasteiger partial charge >= 0.3 is 0 Å². The van der Waals surface area contributed by atoms with Gasteiger partial charge in [0.05, 0.1) is 0 Å². The number of halogens is 1. The zero-order valence-corrected chi connectivity index (χ0v) is 14.7. The highest BCUT2D eigenvalue weighted by Gasteiger charge is 2.32. The summed E-state index contributed by atoms with van der Waals surface area (Å²) in [5, 5.41) is 0. The summed E-state index contributed by atoms with van der Waals surface area (Å²) in [5.41, 5.74) is 9.14. The predicted molar refractivity (Wildman–Crippen MR) is 91.3 cm³/mol. The lowest BCUT2D eigenvalue weighted by atomic mass is 9.80. The van der Waals surface area contributed by atoms with Crippen LogP contribution in [0.15, 0.2) is 22.7 Å². The van der Waals surface area contributed by atoms with Crippen LogP contribution in [-0.2, 0) is 6.42 Å². The van der Waals surface area contributed by atoms with Crippen molar-refractivity contribution in [3.63, 3.8) is 0 Å². The molecule has 1 aromatic carbocycles. The summed E-state index contributed by atoms with van der Waals surface area (Å²) >= 11 is 3.58. The van der Waals surface area contributed by atoms with E-state index in [2.05, 4.69) is 66.7 Å². The Labute approximate surface area is 131 Å². The predicted octanol–water partition coefficient (Wildman–Crippen LogP) is 4.21. The molecule has 1 aliphatic rings. The zero-order chi connectivity index (χ0) is 14.9. The Balaban J connectivity index is 2.21. The number of hydrogen-bond acceptors (Lipinski definition) is 2. The summed E-state index contributed by atoms with van der Waals surface area (Å²) < 4.78 is 1.14. The van der Waals surface area contributed by atoms with Crippen LogP contribution >= 0.6 is 15.9 Å². The number of anilines is 1. The van der Waals surface area contributed by atoms with Gasteiger partial charge in [0, 0.05) is 29.3 Å². The first-order chi connectivity index (χ1) is 9.27. The fourth-order valence-electron chi connectivity index (χ4n) is 3.06. The van der Waals surface area contributed by atoms with E-state index in [1.54, 1.807) is 0 Å². The van der Waals surface area contributed by atoms with Gasteiger partial charge in [-0.15, -0.1) is 0 Å². The Hall–Kier alpha value is -0.540. The Bertz CT molecular complexity index is 463. The molecule has 2 rings (SSSR count). The van der Waals surface area contributed by atoms with E-state index in [0.717, 1.165) is 29.9 Å². The normalized spacial score (nSPS) is 21.3. The second-order valence-electron chi connectivity index (χ2n) is 7.25. The third-order valence-corrected chi connectivity index (χ3v) is 4.83. The minimum absolute atomic E-state index is 0.198. The highest BCUT2D eigenvalue weighted by atomic mass is 79.9. The second kappa shape index (κ2) is 6.07. The lowest BCUT2D eigenvalue weighted by Crippen LogP contribution is -2.27. The molecular weight excluding hydrogens is 312 g/mol. The molecule has 0 saturated carbocycles. The highest BCUT2D eigenvalue weighted by molar-refractivity contribution is 9.10. The van der Waals surface area contributed by atoms with E-state index in [1.165, 1.54) is 17.7 Å². The molecule has 0 radical (unpaired) electrons. The molecule has 1 fully saturated rings. The van der Waals surface area contributed by atoms with Gasteiger partial charge in [-0.05, 0) is 54.9 Å². The number of nitrogens with zero attached hydrogens (tertiary/aromatic N) is 1. The summed E-state index contributed by atoms with van der Waals surface area (Å²) in [4.78, 5) is 2.54. The SMILES string of the molecule is CC(N)Cc1cc(Br)ccc1N1CCC(C(C)(C)C)C1. The van der Waals surface area contributed by atoms with E-state index >= 15 is 0 Å². The maximum absolute atomic E-state index is 6.00. The lowest BCUT2D eigenvalue weighted by Gasteiger charge is -2.28. The summed E-state index contributed by atoms with van der Waals surface area (Å²) in [6.45, 7) is 11.5. The minimum Gasteiger partial charge on any atom is -0.371 e. The molecule has 2 unspecified atom stereocenters. The molecule has 0 aliphatic carbocycles. The van der Waals surface area contributed by atoms with Crippen LogP contribution in [0.3, 0.4) is 0 Å². The summed E-state index contributed by atoms with van der Waals surface area (Å²) in [7, 11) is 0. The van der Waals surface area contributed by atoms with Crippen LogP contribution in [0.1, 0.15) is 39.7 Å². The van der Waals surface area contributed by atoms with Crippen LogP contribution in [0.4, 0.5) is 5.69 Å². The van der Waals surface area contributed by atoms with Crippen molar-refractivity contribution >= 4 is 21.6 Å². The van der Waals surface area contributed by atoms with E-state index in [0.29, 0.717) is 5.41 Å². The van der Waals surface area contributed by atoms with Crippen LogP contribution in [0.5, 0.6) is 0 Å². The first-order valence-corrected chi connectivity index (χ1v) is 8.35. The molecule has 2 N–H and O–H groups in total. The number of benzene rings is 1. The molecule has 0 bridgehead atoms. The number of rotatable bonds is 3. The van der Waals surface area contributed by atoms with Crippen molar-refractivity contribution in [2.24, 2.45) is 17.1 Å². The fraction of sp³-hybridized carbons (Fsp3) is 0.647. The van der Waals surface area contributed by atoms with Gasteiger partial charge in [-0.3, -0.25) is 0 Å². The molecule has 2 nitrogen and oxygen atoms in total. The van der Waals surface area contributed by atoms with Crippen LogP contribution in [0.2, 0.25) is 0 Å². The van der Waals surface area contributed by atoms with Crippen molar-refractivity contribution in [1.29, 1.82) is 0 Å². The monoisotopic (exact) mass is 338 g/mol. The van der Waals surface area contributed by atoms with Crippen LogP contribution in [0.25, 0.3) is 0 Å². The molecule has 0 spiro atoms. The quantitative estimate of drug-likeness (QED) is 0.894. The first kappa shape index (κ1) is 15.8. The van der Waals surface area contributed by atoms with E-state index in [-0.39, 0.29) is 6.04 Å². The molecule has 1 aliphatic heterocycles. The third-order valence-electron chi connectivity index (χ3n) is 4.34. The third kappa shape index (κ3) is 3.76. The van der Waals surface area contributed by atoms with Gasteiger partial charge in [-0.25, -0.2) is 0 Å². The van der Waals surface area contributed by atoms with Gasteiger partial charge in [0.15, 0.2) is 0 Å². The van der Waals surface area contributed by atoms with Gasteiger partial charge in [-0.1, -0.05) is 36.7 Å². The minimum atomic E-state index is 0.198. The first-order valence-electron chi connectivity index (χ1n) is 7.56. The van der Waals surface area contributed by atoms with E-state index in [1.807, 2.05) is 0 Å². The highest BCUT2D eigenvalue weighted by Crippen LogP contribution is 2.37. The fourth-order valence-corrected chi connectivity index (χ4v) is 3.47. The molecule has 1 aromatic rings. The maximum atomic E-state index is 6.00. The lowest BCUT2D eigenvalue weighted by molar-refractivity contribution is 0.263. The molecule has 1 heterocycles. The van der Waals surface area contributed by atoms with Crippen molar-refractivity contribution in [1.82, 2.24) is 0 Å². The standard InChI is InChI=1S/C17H27BrN2/c1-12(19)9-13-10-15(18)5-6-16(13)20-8-7-14(11-20)17(2,3)4/h5-6,10,12,14H,7-9,11,19H2,1-4H3. The van der Waals surface area contributed by atoms with Gasteiger partial charge < -0.3 is 10.6 Å². The van der Waals surface area contributed by atoms with E-state index < -0.39 is 0 Å². The Morgan fingerprint density at radius 1 is 1.40 bits per heavy atom. The van der Waals surface area contributed by atoms with Crippen LogP contribution in [0, 0.1) is 11.3 Å². The molecule has 2 atom stereocenters. The van der Waals surface area contributed by atoms with Crippen molar-refractivity contribution < 1.29 is 0 Å². The molecule has 3 heteroatoms. The van der Waals surface area contributed by atoms with Gasteiger partial charge in [0.2, 0.25) is 0 Å². The van der Waals surface area contributed by atoms with Gasteiger partial charge in [0.1, 0.15) is 0 Å². The zero-order valence-electron chi connectivity index (χ0n) is 13.1. The largest absolute Gasteiger partial charge is 0.371 e. The Morgan fingerprint density at radius 3 is 2.65 bits per heavy atom. The van der Waals surface area contributed by atoms with E-state index in [4.69, 9.17) is 5.73 Å². The summed E-state index contributed by atoms with van der Waals surface area (Å²) in [6.07, 6.45) is 2.22. The molecule has 1 saturated heterocycles. The second-order valence-corrected chi connectivity index (χ2v) is 8.17. The topological polar surface area (TPSA) is 29.3 Å². The Kier molecular flexibility index (Phi) is 4.80.